The number of quaternary nitrogens is 1. The summed E-state index contributed by atoms with van der Waals surface area (Å²) in [4.78, 5) is 12.5. The number of amides is 1. The van der Waals surface area contributed by atoms with Gasteiger partial charge >= 0.3 is 0 Å². The van der Waals surface area contributed by atoms with Gasteiger partial charge in [-0.05, 0) is 55.7 Å². The number of carbonyl (C=O) groups is 1. The van der Waals surface area contributed by atoms with Gasteiger partial charge in [-0.25, -0.2) is 0 Å². The molecule has 0 bridgehead atoms. The number of piperidine rings is 1. The minimum absolute atomic E-state index is 0. The van der Waals surface area contributed by atoms with Crippen LogP contribution in [0, 0.1) is 5.92 Å². The molecule has 158 valence electrons. The number of nitrogens with zero attached hydrogens (tertiary/aromatic N) is 1. The van der Waals surface area contributed by atoms with Crippen molar-refractivity contribution in [1.82, 2.24) is 5.32 Å². The van der Waals surface area contributed by atoms with Gasteiger partial charge in [-0.1, -0.05) is 44.7 Å². The van der Waals surface area contributed by atoms with Crippen molar-refractivity contribution in [2.75, 3.05) is 32.7 Å². The summed E-state index contributed by atoms with van der Waals surface area (Å²) < 4.78 is 1.16. The Labute approximate surface area is 182 Å². The summed E-state index contributed by atoms with van der Waals surface area (Å²) in [6.07, 6.45) is 8.20. The molecule has 0 unspecified atom stereocenters. The zero-order valence-corrected chi connectivity index (χ0v) is 19.6. The lowest BCUT2D eigenvalue weighted by atomic mass is 9.96. The van der Waals surface area contributed by atoms with Gasteiger partial charge in [0.1, 0.15) is 0 Å². The fraction of sp³-hybridized carbons (Fsp3) is 0.625. The van der Waals surface area contributed by atoms with Crippen LogP contribution in [0.2, 0.25) is 0 Å². The van der Waals surface area contributed by atoms with Crippen LogP contribution in [-0.4, -0.2) is 43.1 Å². The molecule has 1 aliphatic heterocycles. The van der Waals surface area contributed by atoms with E-state index in [0.717, 1.165) is 42.5 Å². The highest BCUT2D eigenvalue weighted by molar-refractivity contribution is 5.83. The van der Waals surface area contributed by atoms with Crippen LogP contribution in [0.3, 0.4) is 0 Å². The van der Waals surface area contributed by atoms with Crippen LogP contribution in [-0.2, 0) is 11.2 Å². The third-order valence-electron chi connectivity index (χ3n) is 5.91. The van der Waals surface area contributed by atoms with Crippen LogP contribution < -0.4 is 22.3 Å². The van der Waals surface area contributed by atoms with Gasteiger partial charge in [0.25, 0.3) is 0 Å². The normalized spacial score (nSPS) is 16.9. The molecule has 1 amide bonds. The van der Waals surface area contributed by atoms with Crippen LogP contribution in [0.5, 0.6) is 0 Å². The predicted molar refractivity (Wildman–Crippen MR) is 115 cm³/mol. The highest BCUT2D eigenvalue weighted by Crippen LogP contribution is 2.20. The number of halogens is 1. The highest BCUT2D eigenvalue weighted by atomic mass is 79.9. The Morgan fingerprint density at radius 1 is 1.14 bits per heavy atom. The van der Waals surface area contributed by atoms with E-state index in [4.69, 9.17) is 0 Å². The zero-order chi connectivity index (χ0) is 19.7. The predicted octanol–water partition coefficient (Wildman–Crippen LogP) is 1.69. The summed E-state index contributed by atoms with van der Waals surface area (Å²) in [6, 6.07) is 8.55. The lowest BCUT2D eigenvalue weighted by Gasteiger charge is -2.41. The van der Waals surface area contributed by atoms with Gasteiger partial charge in [0, 0.05) is 13.0 Å². The second-order valence-corrected chi connectivity index (χ2v) is 8.75. The third kappa shape index (κ3) is 7.71. The molecule has 1 aromatic rings. The van der Waals surface area contributed by atoms with Gasteiger partial charge < -0.3 is 26.8 Å². The summed E-state index contributed by atoms with van der Waals surface area (Å²) in [5.41, 5.74) is 2.45. The molecule has 1 atom stereocenters. The number of benzene rings is 1. The van der Waals surface area contributed by atoms with E-state index in [1.807, 2.05) is 6.92 Å². The summed E-state index contributed by atoms with van der Waals surface area (Å²) in [5.74, 6) is 0.702. The standard InChI is InChI=1S/C24H38N2O.BrH/c1-5-15-26(16-7-6-8-17-26)18-9-14-25-24(27)21(4)23-12-10-22(11-13-23)19-20(2)3;/h5,10-13,20-21H,1,6-9,14-19H2,2-4H3;1H/t21-;/m1./s1. The summed E-state index contributed by atoms with van der Waals surface area (Å²) >= 11 is 0. The van der Waals surface area contributed by atoms with Crippen molar-refractivity contribution in [3.63, 3.8) is 0 Å². The van der Waals surface area contributed by atoms with Crippen LogP contribution in [0.1, 0.15) is 63.5 Å². The number of rotatable bonds is 10. The summed E-state index contributed by atoms with van der Waals surface area (Å²) in [7, 11) is 0. The SMILES string of the molecule is C=CC[N+]1(CCCNC(=O)[C@H](C)c2ccc(CC(C)C)cc2)CCCCC1.[Br-]. The molecule has 1 N–H and O–H groups in total. The average molecular weight is 451 g/mol. The molecule has 1 aromatic carbocycles. The molecule has 0 saturated carbocycles. The molecule has 0 aromatic heterocycles. The molecule has 4 heteroatoms. The monoisotopic (exact) mass is 450 g/mol. The lowest BCUT2D eigenvalue weighted by Crippen LogP contribution is -3.00. The van der Waals surface area contributed by atoms with E-state index >= 15 is 0 Å². The number of carbonyl (C=O) groups excluding carboxylic acids is 1. The number of hydrogen-bond acceptors (Lipinski definition) is 1. The average Bonchev–Trinajstić information content (AvgIpc) is 2.66. The van der Waals surface area contributed by atoms with Crippen LogP contribution >= 0.6 is 0 Å². The number of likely N-dealkylation sites (tertiary alicyclic amines) is 1. The second-order valence-electron chi connectivity index (χ2n) is 8.75. The van der Waals surface area contributed by atoms with Gasteiger partial charge in [-0.3, -0.25) is 4.79 Å². The smallest absolute Gasteiger partial charge is 0.227 e. The first-order chi connectivity index (χ1) is 13.0. The van der Waals surface area contributed by atoms with Crippen molar-refractivity contribution < 1.29 is 26.3 Å². The first kappa shape index (κ1) is 24.9. The fourth-order valence-electron chi connectivity index (χ4n) is 4.30. The Morgan fingerprint density at radius 3 is 2.36 bits per heavy atom. The lowest BCUT2D eigenvalue weighted by molar-refractivity contribution is -0.927. The van der Waals surface area contributed by atoms with E-state index in [0.29, 0.717) is 5.92 Å². The maximum Gasteiger partial charge on any atom is 0.227 e. The first-order valence-electron chi connectivity index (χ1n) is 10.8. The van der Waals surface area contributed by atoms with Crippen molar-refractivity contribution in [2.45, 2.75) is 58.8 Å². The molecule has 0 aliphatic carbocycles. The Kier molecular flexibility index (Phi) is 11.1. The maximum absolute atomic E-state index is 12.5. The Hall–Kier alpha value is -1.13. The van der Waals surface area contributed by atoms with Gasteiger partial charge in [0.15, 0.2) is 0 Å². The topological polar surface area (TPSA) is 29.1 Å². The largest absolute Gasteiger partial charge is 1.00 e. The van der Waals surface area contributed by atoms with Gasteiger partial charge in [-0.2, -0.15) is 0 Å². The van der Waals surface area contributed by atoms with Crippen molar-refractivity contribution in [2.24, 2.45) is 5.92 Å². The molecule has 28 heavy (non-hydrogen) atoms. The summed E-state index contributed by atoms with van der Waals surface area (Å²) in [5, 5.41) is 3.15. The van der Waals surface area contributed by atoms with Crippen molar-refractivity contribution in [3.05, 3.63) is 48.0 Å². The van der Waals surface area contributed by atoms with Crippen molar-refractivity contribution in [1.29, 1.82) is 0 Å². The summed E-state index contributed by atoms with van der Waals surface area (Å²) in [6.45, 7) is 15.9. The Bertz CT molecular complexity index is 591. The molecule has 1 heterocycles. The number of nitrogens with one attached hydrogen (secondary N) is 1. The van der Waals surface area contributed by atoms with Crippen molar-refractivity contribution >= 4 is 5.91 Å². The van der Waals surface area contributed by atoms with Gasteiger partial charge in [0.05, 0.1) is 32.1 Å². The quantitative estimate of drug-likeness (QED) is 0.328. The van der Waals surface area contributed by atoms with Gasteiger partial charge in [-0.15, -0.1) is 0 Å². The van der Waals surface area contributed by atoms with Crippen molar-refractivity contribution in [3.8, 4) is 0 Å². The van der Waals surface area contributed by atoms with E-state index in [1.165, 1.54) is 37.9 Å². The minimum atomic E-state index is -0.0931. The van der Waals surface area contributed by atoms with Crippen LogP contribution in [0.15, 0.2) is 36.9 Å². The molecule has 1 aliphatic rings. The highest BCUT2D eigenvalue weighted by Gasteiger charge is 2.28. The maximum atomic E-state index is 12.5. The molecule has 1 saturated heterocycles. The molecular formula is C24H39BrN2O. The van der Waals surface area contributed by atoms with E-state index < -0.39 is 0 Å². The van der Waals surface area contributed by atoms with Crippen LogP contribution in [0.4, 0.5) is 0 Å². The first-order valence-corrected chi connectivity index (χ1v) is 10.8. The fourth-order valence-corrected chi connectivity index (χ4v) is 4.30. The van der Waals surface area contributed by atoms with E-state index in [2.05, 4.69) is 56.1 Å². The van der Waals surface area contributed by atoms with E-state index in [-0.39, 0.29) is 28.8 Å². The third-order valence-corrected chi connectivity index (χ3v) is 5.91. The Balaban J connectivity index is 0.00000392. The van der Waals surface area contributed by atoms with E-state index in [9.17, 15) is 4.79 Å². The zero-order valence-electron chi connectivity index (χ0n) is 18.1. The minimum Gasteiger partial charge on any atom is -1.00 e. The molecule has 0 spiro atoms. The van der Waals surface area contributed by atoms with Crippen LogP contribution in [0.25, 0.3) is 0 Å². The van der Waals surface area contributed by atoms with E-state index in [1.54, 1.807) is 0 Å². The molecular weight excluding hydrogens is 412 g/mol. The molecule has 3 nitrogen and oxygen atoms in total. The molecule has 1 fully saturated rings. The molecule has 2 rings (SSSR count). The second kappa shape index (κ2) is 12.4. The molecule has 0 radical (unpaired) electrons. The Morgan fingerprint density at radius 2 is 1.79 bits per heavy atom. The number of hydrogen-bond donors (Lipinski definition) is 1. The van der Waals surface area contributed by atoms with Gasteiger partial charge in [0.2, 0.25) is 5.91 Å².